The molecule has 2 aliphatic rings. The van der Waals surface area contributed by atoms with E-state index in [2.05, 4.69) is 16.0 Å². The number of piperidine rings is 1. The predicted molar refractivity (Wildman–Crippen MR) is 85.3 cm³/mol. The maximum Gasteiger partial charge on any atom is 0.269 e. The fourth-order valence-electron chi connectivity index (χ4n) is 2.71. The van der Waals surface area contributed by atoms with E-state index in [0.29, 0.717) is 37.4 Å². The topological polar surface area (TPSA) is 95.6 Å². The van der Waals surface area contributed by atoms with Gasteiger partial charge < -0.3 is 9.64 Å². The van der Waals surface area contributed by atoms with Crippen molar-refractivity contribution in [1.29, 1.82) is 5.26 Å². The maximum atomic E-state index is 12.4. The number of hydrogen-bond acceptors (Lipinski definition) is 5. The molecule has 0 N–H and O–H groups in total. The highest BCUT2D eigenvalue weighted by Gasteiger charge is 2.28. The average Bonchev–Trinajstić information content (AvgIpc) is 2.63. The lowest BCUT2D eigenvalue weighted by Crippen LogP contribution is -2.44. The third-order valence-electron chi connectivity index (χ3n) is 4.02. The lowest BCUT2D eigenvalue weighted by Gasteiger charge is -2.33. The zero-order valence-corrected chi connectivity index (χ0v) is 13.0. The highest BCUT2D eigenvalue weighted by atomic mass is 16.5. The number of carbonyl (C=O) groups is 2. The first-order valence-electron chi connectivity index (χ1n) is 7.74. The molecule has 3 rings (SSSR count). The lowest BCUT2D eigenvalue weighted by molar-refractivity contribution is -0.133. The highest BCUT2D eigenvalue weighted by molar-refractivity contribution is 6.05. The number of dihydropyridines is 1. The van der Waals surface area contributed by atoms with Gasteiger partial charge in [-0.25, -0.2) is 9.98 Å². The van der Waals surface area contributed by atoms with E-state index in [1.165, 1.54) is 12.3 Å². The van der Waals surface area contributed by atoms with Crippen molar-refractivity contribution in [1.82, 2.24) is 9.88 Å². The first-order chi connectivity index (χ1) is 11.7. The first kappa shape index (κ1) is 15.9. The number of aliphatic imine (C=N–C) groups is 1. The van der Waals surface area contributed by atoms with Gasteiger partial charge in [0.25, 0.3) is 5.91 Å². The second kappa shape index (κ2) is 7.04. The van der Waals surface area contributed by atoms with Gasteiger partial charge in [0.15, 0.2) is 0 Å². The molecule has 2 amide bonds. The van der Waals surface area contributed by atoms with E-state index < -0.39 is 5.92 Å². The summed E-state index contributed by atoms with van der Waals surface area (Å²) in [5.74, 6) is -0.530. The summed E-state index contributed by atoms with van der Waals surface area (Å²) in [7, 11) is 0. The normalized spacial score (nSPS) is 20.7. The predicted octanol–water partition coefficient (Wildman–Crippen LogP) is 1.11. The Kier molecular flexibility index (Phi) is 4.66. The molecule has 0 spiro atoms. The first-order valence-corrected chi connectivity index (χ1v) is 7.74. The summed E-state index contributed by atoms with van der Waals surface area (Å²) in [6, 6.07) is 5.41. The van der Waals surface area contributed by atoms with Crippen molar-refractivity contribution in [2.75, 3.05) is 13.1 Å². The standard InChI is InChI=1S/C17H16N4O3/c18-10-12-2-1-7-19-16(12)24-14-5-8-21(9-6-14)17(23)13-3-4-15(22)20-11-13/h1-4,7,11,13-14H,5-6,8-9H2. The van der Waals surface area contributed by atoms with Crippen molar-refractivity contribution in [3.05, 3.63) is 36.0 Å². The van der Waals surface area contributed by atoms with Crippen LogP contribution in [0.3, 0.4) is 0 Å². The molecule has 0 saturated carbocycles. The van der Waals surface area contributed by atoms with Crippen molar-refractivity contribution in [2.24, 2.45) is 10.9 Å². The van der Waals surface area contributed by atoms with Crippen LogP contribution in [0.15, 0.2) is 35.5 Å². The van der Waals surface area contributed by atoms with E-state index in [1.807, 2.05) is 0 Å². The van der Waals surface area contributed by atoms with Crippen LogP contribution in [-0.4, -0.2) is 47.1 Å². The molecule has 24 heavy (non-hydrogen) atoms. The third kappa shape index (κ3) is 3.49. The Morgan fingerprint density at radius 3 is 2.83 bits per heavy atom. The third-order valence-corrected chi connectivity index (χ3v) is 4.02. The molecule has 0 bridgehead atoms. The second-order valence-corrected chi connectivity index (χ2v) is 5.61. The summed E-state index contributed by atoms with van der Waals surface area (Å²) < 4.78 is 5.81. The molecule has 1 saturated heterocycles. The van der Waals surface area contributed by atoms with Crippen LogP contribution in [0.25, 0.3) is 0 Å². The number of ether oxygens (including phenoxy) is 1. The van der Waals surface area contributed by atoms with Crippen LogP contribution in [0.2, 0.25) is 0 Å². The smallest absolute Gasteiger partial charge is 0.269 e. The zero-order chi connectivity index (χ0) is 16.9. The molecule has 2 aliphatic heterocycles. The van der Waals surface area contributed by atoms with Crippen LogP contribution in [0.1, 0.15) is 18.4 Å². The molecule has 7 heteroatoms. The molecular formula is C17H16N4O3. The number of aromatic nitrogens is 1. The fraction of sp³-hybridized carbons (Fsp3) is 0.353. The minimum Gasteiger partial charge on any atom is -0.473 e. The van der Waals surface area contributed by atoms with Crippen LogP contribution in [0.4, 0.5) is 0 Å². The van der Waals surface area contributed by atoms with Gasteiger partial charge >= 0.3 is 0 Å². The monoisotopic (exact) mass is 324 g/mol. The van der Waals surface area contributed by atoms with Crippen LogP contribution in [-0.2, 0) is 9.59 Å². The van der Waals surface area contributed by atoms with Crippen molar-refractivity contribution in [3.63, 3.8) is 0 Å². The molecule has 1 aromatic rings. The van der Waals surface area contributed by atoms with E-state index in [1.54, 1.807) is 29.3 Å². The number of nitriles is 1. The Hall–Kier alpha value is -3.01. The van der Waals surface area contributed by atoms with E-state index in [0.717, 1.165) is 0 Å². The van der Waals surface area contributed by atoms with Gasteiger partial charge in [-0.3, -0.25) is 9.59 Å². The number of amides is 2. The number of nitrogens with zero attached hydrogens (tertiary/aromatic N) is 4. The molecular weight excluding hydrogens is 308 g/mol. The van der Waals surface area contributed by atoms with E-state index in [-0.39, 0.29) is 17.9 Å². The van der Waals surface area contributed by atoms with Crippen molar-refractivity contribution >= 4 is 18.0 Å². The quantitative estimate of drug-likeness (QED) is 0.830. The molecule has 1 atom stereocenters. The van der Waals surface area contributed by atoms with E-state index in [4.69, 9.17) is 10.00 Å². The van der Waals surface area contributed by atoms with Crippen molar-refractivity contribution in [3.8, 4) is 11.9 Å². The Labute approximate surface area is 139 Å². The molecule has 1 aromatic heterocycles. The molecule has 1 unspecified atom stereocenters. The minimum absolute atomic E-state index is 0.0588. The Morgan fingerprint density at radius 1 is 1.38 bits per heavy atom. The Morgan fingerprint density at radius 2 is 2.17 bits per heavy atom. The molecule has 3 heterocycles. The SMILES string of the molecule is N#Cc1cccnc1OC1CCN(C(=O)C2C=CC(=O)N=C2)CC1. The van der Waals surface area contributed by atoms with Gasteiger partial charge in [-0.15, -0.1) is 0 Å². The van der Waals surface area contributed by atoms with Gasteiger partial charge in [0.05, 0.1) is 5.92 Å². The molecule has 7 nitrogen and oxygen atoms in total. The highest BCUT2D eigenvalue weighted by Crippen LogP contribution is 2.21. The van der Waals surface area contributed by atoms with Gasteiger partial charge in [-0.05, 0) is 12.1 Å². The summed E-state index contributed by atoms with van der Waals surface area (Å²) in [5, 5.41) is 9.06. The Balaban J connectivity index is 1.55. The lowest BCUT2D eigenvalue weighted by atomic mass is 10.0. The number of likely N-dealkylation sites (tertiary alicyclic amines) is 1. The van der Waals surface area contributed by atoms with E-state index in [9.17, 15) is 9.59 Å². The number of pyridine rings is 1. The summed E-state index contributed by atoms with van der Waals surface area (Å²) in [6.45, 7) is 1.12. The van der Waals surface area contributed by atoms with Crippen molar-refractivity contribution in [2.45, 2.75) is 18.9 Å². The van der Waals surface area contributed by atoms with Gasteiger partial charge in [0.1, 0.15) is 17.7 Å². The maximum absolute atomic E-state index is 12.4. The molecule has 1 fully saturated rings. The molecule has 0 aromatic carbocycles. The minimum atomic E-state index is -0.471. The van der Waals surface area contributed by atoms with Gasteiger partial charge in [0.2, 0.25) is 11.8 Å². The number of hydrogen-bond donors (Lipinski definition) is 0. The average molecular weight is 324 g/mol. The summed E-state index contributed by atoms with van der Waals surface area (Å²) in [6.07, 6.45) is 7.13. The summed E-state index contributed by atoms with van der Waals surface area (Å²) in [4.78, 5) is 32.9. The van der Waals surface area contributed by atoms with E-state index >= 15 is 0 Å². The number of rotatable bonds is 3. The van der Waals surface area contributed by atoms with Crippen LogP contribution >= 0.6 is 0 Å². The zero-order valence-electron chi connectivity index (χ0n) is 13.0. The summed E-state index contributed by atoms with van der Waals surface area (Å²) in [5.41, 5.74) is 0.407. The molecule has 0 aliphatic carbocycles. The van der Waals surface area contributed by atoms with Gasteiger partial charge in [-0.1, -0.05) is 6.08 Å². The van der Waals surface area contributed by atoms with Crippen LogP contribution in [0, 0.1) is 17.2 Å². The molecule has 122 valence electrons. The van der Waals surface area contributed by atoms with Crippen molar-refractivity contribution < 1.29 is 14.3 Å². The number of carbonyl (C=O) groups excluding carboxylic acids is 2. The van der Waals surface area contributed by atoms with Crippen LogP contribution < -0.4 is 4.74 Å². The largest absolute Gasteiger partial charge is 0.473 e. The second-order valence-electron chi connectivity index (χ2n) is 5.61. The molecule has 0 radical (unpaired) electrons. The van der Waals surface area contributed by atoms with Gasteiger partial charge in [0, 0.05) is 44.4 Å². The fourth-order valence-corrected chi connectivity index (χ4v) is 2.71. The van der Waals surface area contributed by atoms with Gasteiger partial charge in [-0.2, -0.15) is 5.26 Å². The summed E-state index contributed by atoms with van der Waals surface area (Å²) >= 11 is 0. The van der Waals surface area contributed by atoms with Crippen LogP contribution in [0.5, 0.6) is 5.88 Å². The Bertz CT molecular complexity index is 726.